The largest absolute Gasteiger partial charge is 0.444 e. The van der Waals surface area contributed by atoms with Crippen molar-refractivity contribution in [3.8, 4) is 0 Å². The van der Waals surface area contributed by atoms with E-state index in [2.05, 4.69) is 15.3 Å². The Bertz CT molecular complexity index is 534. The number of carbonyl (C=O) groups is 1. The Morgan fingerprint density at radius 3 is 3.05 bits per heavy atom. The molecule has 1 atom stereocenters. The second-order valence-corrected chi connectivity index (χ2v) is 6.99. The number of likely N-dealkylation sites (tertiary alicyclic amines) is 1. The highest BCUT2D eigenvalue weighted by Gasteiger charge is 2.43. The van der Waals surface area contributed by atoms with Gasteiger partial charge in [0.15, 0.2) is 0 Å². The third kappa shape index (κ3) is 2.77. The number of nitrogens with one attached hydrogen (secondary N) is 2. The maximum absolute atomic E-state index is 12.3. The molecular weight excluding hydrogens is 268 g/mol. The zero-order valence-corrected chi connectivity index (χ0v) is 13.0. The number of hydrogen-bond acceptors (Lipinski definition) is 4. The molecule has 1 amide bonds. The summed E-state index contributed by atoms with van der Waals surface area (Å²) in [5.74, 6) is 0. The van der Waals surface area contributed by atoms with Crippen molar-refractivity contribution in [1.82, 2.24) is 20.2 Å². The maximum Gasteiger partial charge on any atom is 0.410 e. The Hall–Kier alpha value is -1.56. The predicted octanol–water partition coefficient (Wildman–Crippen LogP) is 1.78. The fraction of sp³-hybridized carbons (Fsp3) is 0.733. The van der Waals surface area contributed by atoms with Crippen LogP contribution >= 0.6 is 0 Å². The summed E-state index contributed by atoms with van der Waals surface area (Å²) < 4.78 is 5.51. The number of nitrogens with zero attached hydrogens (tertiary/aromatic N) is 2. The zero-order chi connectivity index (χ0) is 15.1. The molecule has 21 heavy (non-hydrogen) atoms. The van der Waals surface area contributed by atoms with E-state index in [9.17, 15) is 4.79 Å². The van der Waals surface area contributed by atoms with E-state index >= 15 is 0 Å². The Labute approximate surface area is 125 Å². The molecule has 116 valence electrons. The van der Waals surface area contributed by atoms with Gasteiger partial charge in [0.25, 0.3) is 0 Å². The van der Waals surface area contributed by atoms with Crippen LogP contribution in [0.5, 0.6) is 0 Å². The van der Waals surface area contributed by atoms with Gasteiger partial charge in [-0.15, -0.1) is 0 Å². The molecule has 1 fully saturated rings. The van der Waals surface area contributed by atoms with Crippen molar-refractivity contribution in [2.45, 2.75) is 51.2 Å². The van der Waals surface area contributed by atoms with Gasteiger partial charge >= 0.3 is 6.09 Å². The molecule has 0 aromatic carbocycles. The normalized spacial score (nSPS) is 25.8. The Kier molecular flexibility index (Phi) is 3.43. The summed E-state index contributed by atoms with van der Waals surface area (Å²) in [6, 6.07) is 0. The number of aromatic amines is 1. The minimum atomic E-state index is -0.459. The molecule has 1 aromatic rings. The van der Waals surface area contributed by atoms with Gasteiger partial charge in [0.2, 0.25) is 0 Å². The smallest absolute Gasteiger partial charge is 0.410 e. The van der Waals surface area contributed by atoms with E-state index in [1.807, 2.05) is 25.7 Å². The molecular formula is C15H24N4O2. The van der Waals surface area contributed by atoms with Crippen LogP contribution in [0.15, 0.2) is 6.33 Å². The summed E-state index contributed by atoms with van der Waals surface area (Å²) in [6.07, 6.45) is 4.45. The van der Waals surface area contributed by atoms with Crippen molar-refractivity contribution in [3.63, 3.8) is 0 Å². The van der Waals surface area contributed by atoms with Crippen LogP contribution in [0.4, 0.5) is 4.79 Å². The highest BCUT2D eigenvalue weighted by atomic mass is 16.6. The van der Waals surface area contributed by atoms with E-state index in [-0.39, 0.29) is 11.6 Å². The minimum absolute atomic E-state index is 0.220. The van der Waals surface area contributed by atoms with Gasteiger partial charge in [-0.2, -0.15) is 0 Å². The molecule has 1 saturated heterocycles. The average Bonchev–Trinajstić information content (AvgIpc) is 2.87. The number of piperidine rings is 1. The first-order valence-corrected chi connectivity index (χ1v) is 7.65. The first kappa shape index (κ1) is 14.4. The number of hydrogen-bond donors (Lipinski definition) is 2. The highest BCUT2D eigenvalue weighted by Crippen LogP contribution is 2.35. The molecule has 3 rings (SSSR count). The van der Waals surface area contributed by atoms with Crippen molar-refractivity contribution >= 4 is 6.09 Å². The fourth-order valence-electron chi connectivity index (χ4n) is 3.31. The third-order valence-electron chi connectivity index (χ3n) is 4.15. The van der Waals surface area contributed by atoms with Crippen LogP contribution in [0.3, 0.4) is 0 Å². The number of H-pyrrole nitrogens is 1. The van der Waals surface area contributed by atoms with Gasteiger partial charge in [-0.25, -0.2) is 9.78 Å². The summed E-state index contributed by atoms with van der Waals surface area (Å²) >= 11 is 0. The quantitative estimate of drug-likeness (QED) is 0.765. The van der Waals surface area contributed by atoms with Crippen LogP contribution in [0.1, 0.15) is 45.0 Å². The Morgan fingerprint density at radius 2 is 2.29 bits per heavy atom. The van der Waals surface area contributed by atoms with Gasteiger partial charge in [-0.1, -0.05) is 0 Å². The standard InChI is InChI=1S/C15H24N4O2/c1-14(2,3)21-13(20)19-8-4-6-15(9-19)12-11(5-7-18-15)16-10-17-12/h10,18H,4-9H2,1-3H3,(H,16,17)/t15-/m1/s1. The SMILES string of the molecule is CC(C)(C)OC(=O)N1CCC[C@]2(C1)NCCc1[nH]cnc12. The maximum atomic E-state index is 12.3. The van der Waals surface area contributed by atoms with E-state index in [1.54, 1.807) is 6.33 Å². The molecule has 0 unspecified atom stereocenters. The third-order valence-corrected chi connectivity index (χ3v) is 4.15. The van der Waals surface area contributed by atoms with Crippen LogP contribution in [0.25, 0.3) is 0 Å². The van der Waals surface area contributed by atoms with Gasteiger partial charge in [0.1, 0.15) is 5.60 Å². The number of fused-ring (bicyclic) bond motifs is 2. The second-order valence-electron chi connectivity index (χ2n) is 6.99. The van der Waals surface area contributed by atoms with E-state index in [1.165, 1.54) is 5.69 Å². The van der Waals surface area contributed by atoms with E-state index in [0.717, 1.165) is 38.0 Å². The van der Waals surface area contributed by atoms with Crippen molar-refractivity contribution in [3.05, 3.63) is 17.7 Å². The van der Waals surface area contributed by atoms with Crippen LogP contribution < -0.4 is 5.32 Å². The molecule has 6 heteroatoms. The fourth-order valence-corrected chi connectivity index (χ4v) is 3.31. The molecule has 2 N–H and O–H groups in total. The summed E-state index contributed by atoms with van der Waals surface area (Å²) in [4.78, 5) is 21.9. The van der Waals surface area contributed by atoms with Gasteiger partial charge < -0.3 is 19.9 Å². The lowest BCUT2D eigenvalue weighted by Gasteiger charge is -2.44. The van der Waals surface area contributed by atoms with Gasteiger partial charge in [0, 0.05) is 31.7 Å². The molecule has 1 aromatic heterocycles. The molecule has 1 spiro atoms. The number of imidazole rings is 1. The van der Waals surface area contributed by atoms with Gasteiger partial charge in [0.05, 0.1) is 17.6 Å². The Morgan fingerprint density at radius 1 is 1.48 bits per heavy atom. The first-order chi connectivity index (χ1) is 9.90. The van der Waals surface area contributed by atoms with Gasteiger partial charge in [-0.05, 0) is 33.6 Å². The van der Waals surface area contributed by atoms with Crippen molar-refractivity contribution in [2.24, 2.45) is 0 Å². The number of amides is 1. The summed E-state index contributed by atoms with van der Waals surface area (Å²) in [5.41, 5.74) is 1.59. The van der Waals surface area contributed by atoms with Crippen LogP contribution in [0.2, 0.25) is 0 Å². The molecule has 3 heterocycles. The predicted molar refractivity (Wildman–Crippen MR) is 79.0 cm³/mol. The number of rotatable bonds is 0. The average molecular weight is 292 g/mol. The first-order valence-electron chi connectivity index (χ1n) is 7.65. The highest BCUT2D eigenvalue weighted by molar-refractivity contribution is 5.68. The van der Waals surface area contributed by atoms with Crippen molar-refractivity contribution in [1.29, 1.82) is 0 Å². The molecule has 2 aliphatic heterocycles. The summed E-state index contributed by atoms with van der Waals surface area (Å²) in [6.45, 7) is 7.98. The van der Waals surface area contributed by atoms with Crippen molar-refractivity contribution in [2.75, 3.05) is 19.6 Å². The number of carbonyl (C=O) groups excluding carboxylic acids is 1. The lowest BCUT2D eigenvalue weighted by atomic mass is 9.82. The number of ether oxygens (including phenoxy) is 1. The minimum Gasteiger partial charge on any atom is -0.444 e. The van der Waals surface area contributed by atoms with E-state index < -0.39 is 5.60 Å². The molecule has 0 radical (unpaired) electrons. The lowest BCUT2D eigenvalue weighted by molar-refractivity contribution is 0.00924. The second kappa shape index (κ2) is 5.02. The van der Waals surface area contributed by atoms with Crippen LogP contribution in [0, 0.1) is 0 Å². The molecule has 2 aliphatic rings. The molecule has 0 bridgehead atoms. The van der Waals surface area contributed by atoms with E-state index in [4.69, 9.17) is 4.74 Å². The molecule has 0 aliphatic carbocycles. The van der Waals surface area contributed by atoms with Crippen LogP contribution in [-0.4, -0.2) is 46.2 Å². The van der Waals surface area contributed by atoms with Gasteiger partial charge in [-0.3, -0.25) is 0 Å². The topological polar surface area (TPSA) is 70.2 Å². The van der Waals surface area contributed by atoms with Crippen molar-refractivity contribution < 1.29 is 9.53 Å². The summed E-state index contributed by atoms with van der Waals surface area (Å²) in [7, 11) is 0. The number of aromatic nitrogens is 2. The molecule has 0 saturated carbocycles. The summed E-state index contributed by atoms with van der Waals surface area (Å²) in [5, 5.41) is 3.59. The molecule has 6 nitrogen and oxygen atoms in total. The lowest BCUT2D eigenvalue weighted by Crippen LogP contribution is -2.59. The zero-order valence-electron chi connectivity index (χ0n) is 13.0. The Balaban J connectivity index is 1.80. The van der Waals surface area contributed by atoms with Crippen LogP contribution in [-0.2, 0) is 16.7 Å². The monoisotopic (exact) mass is 292 g/mol. The van der Waals surface area contributed by atoms with E-state index in [0.29, 0.717) is 6.54 Å².